The fourth-order valence-electron chi connectivity index (χ4n) is 3.69. The minimum Gasteiger partial charge on any atom is -0.328 e. The second-order valence-electron chi connectivity index (χ2n) is 8.81. The minimum absolute atomic E-state index is 0.164. The molecule has 2 aromatic rings. The van der Waals surface area contributed by atoms with E-state index in [0.29, 0.717) is 53.7 Å². The highest BCUT2D eigenvalue weighted by Gasteiger charge is 2.35. The van der Waals surface area contributed by atoms with Crippen molar-refractivity contribution in [2.45, 2.75) is 37.8 Å². The van der Waals surface area contributed by atoms with Gasteiger partial charge in [-0.25, -0.2) is 0 Å². The van der Waals surface area contributed by atoms with Crippen LogP contribution in [0.1, 0.15) is 67.1 Å². The summed E-state index contributed by atoms with van der Waals surface area (Å²) in [6.45, 7) is 0.978. The van der Waals surface area contributed by atoms with Gasteiger partial charge in [-0.05, 0) is 49.9 Å². The number of hydrogen-bond acceptors (Lipinski definition) is 7. The lowest BCUT2D eigenvalue weighted by molar-refractivity contribution is -0.108. The van der Waals surface area contributed by atoms with Gasteiger partial charge < -0.3 is 15.8 Å². The lowest BCUT2D eigenvalue weighted by Gasteiger charge is -2.13. The lowest BCUT2D eigenvalue weighted by Crippen LogP contribution is -2.36. The number of nitrogens with two attached hydrogens (primary N) is 1. The summed E-state index contributed by atoms with van der Waals surface area (Å²) in [4.78, 5) is 59.6. The van der Waals surface area contributed by atoms with Crippen LogP contribution in [0, 0.1) is 0 Å². The van der Waals surface area contributed by atoms with Gasteiger partial charge in [-0.2, -0.15) is 0 Å². The molecule has 9 heteroatoms. The summed E-state index contributed by atoms with van der Waals surface area (Å²) >= 11 is 0. The zero-order valence-electron chi connectivity index (χ0n) is 19.3. The summed E-state index contributed by atoms with van der Waals surface area (Å²) in [6.07, 6.45) is 5.49. The van der Waals surface area contributed by atoms with Gasteiger partial charge in [0.05, 0.1) is 28.8 Å². The van der Waals surface area contributed by atoms with Gasteiger partial charge in [-0.15, -0.1) is 0 Å². The molecule has 2 heterocycles. The fraction of sp³-hybridized carbons (Fsp3) is 0.346. The van der Waals surface area contributed by atoms with Crippen LogP contribution in [0.15, 0.2) is 48.5 Å². The van der Waals surface area contributed by atoms with E-state index in [9.17, 15) is 24.0 Å². The molecule has 6 rings (SSSR count). The van der Waals surface area contributed by atoms with Gasteiger partial charge in [0.2, 0.25) is 0 Å². The number of nitrogens with one attached hydrogen (secondary N) is 1. The molecule has 2 aliphatic carbocycles. The highest BCUT2D eigenvalue weighted by molar-refractivity contribution is 6.22. The predicted octanol–water partition coefficient (Wildman–Crippen LogP) is 1.62. The summed E-state index contributed by atoms with van der Waals surface area (Å²) in [5, 5.41) is 3.31. The molecule has 0 radical (unpaired) electrons. The number of carbonyl (C=O) groups excluding carboxylic acids is 5. The second-order valence-corrected chi connectivity index (χ2v) is 8.81. The van der Waals surface area contributed by atoms with E-state index in [1.165, 1.54) is 30.6 Å². The number of amides is 4. The quantitative estimate of drug-likeness (QED) is 0.479. The molecule has 0 spiro atoms. The highest BCUT2D eigenvalue weighted by Crippen LogP contribution is 2.23. The number of rotatable bonds is 6. The zero-order chi connectivity index (χ0) is 24.9. The first kappa shape index (κ1) is 24.4. The van der Waals surface area contributed by atoms with Gasteiger partial charge in [0.15, 0.2) is 0 Å². The zero-order valence-corrected chi connectivity index (χ0v) is 19.3. The van der Waals surface area contributed by atoms with Crippen LogP contribution < -0.4 is 11.1 Å². The van der Waals surface area contributed by atoms with Crippen molar-refractivity contribution in [1.82, 2.24) is 15.1 Å². The van der Waals surface area contributed by atoms with Crippen LogP contribution in [0.3, 0.4) is 0 Å². The molecule has 0 unspecified atom stereocenters. The van der Waals surface area contributed by atoms with Gasteiger partial charge in [0.1, 0.15) is 6.29 Å². The highest BCUT2D eigenvalue weighted by atomic mass is 16.2. The van der Waals surface area contributed by atoms with Crippen molar-refractivity contribution in [3.8, 4) is 0 Å². The molecule has 0 bridgehead atoms. The molecule has 0 saturated heterocycles. The smallest absolute Gasteiger partial charge is 0.261 e. The lowest BCUT2D eigenvalue weighted by atomic mass is 10.1. The Bertz CT molecular complexity index is 1090. The number of carbonyl (C=O) groups is 5. The molecule has 3 N–H and O–H groups in total. The van der Waals surface area contributed by atoms with Gasteiger partial charge in [-0.1, -0.05) is 24.3 Å². The van der Waals surface area contributed by atoms with Gasteiger partial charge >= 0.3 is 0 Å². The third-order valence-electron chi connectivity index (χ3n) is 5.98. The Morgan fingerprint density at radius 2 is 1.14 bits per heavy atom. The van der Waals surface area contributed by atoms with E-state index < -0.39 is 11.8 Å². The largest absolute Gasteiger partial charge is 0.328 e. The molecule has 9 nitrogen and oxygen atoms in total. The molecule has 2 aromatic carbocycles. The normalized spacial score (nSPS) is 17.9. The second kappa shape index (κ2) is 10.7. The number of benzene rings is 2. The maximum Gasteiger partial charge on any atom is 0.261 e. The molecule has 4 amide bonds. The average Bonchev–Trinajstić information content (AvgIpc) is 3.81. The van der Waals surface area contributed by atoms with Gasteiger partial charge in [-0.3, -0.25) is 29.0 Å². The molecule has 182 valence electrons. The summed E-state index contributed by atoms with van der Waals surface area (Å²) in [6, 6.07) is 14.7. The van der Waals surface area contributed by atoms with E-state index in [2.05, 4.69) is 5.32 Å². The minimum atomic E-state index is -0.391. The Balaban J connectivity index is 0.000000144. The van der Waals surface area contributed by atoms with Crippen LogP contribution in [0.2, 0.25) is 0 Å². The van der Waals surface area contributed by atoms with E-state index in [4.69, 9.17) is 5.73 Å². The number of hydrogen-bond donors (Lipinski definition) is 2. The van der Waals surface area contributed by atoms with E-state index in [1.54, 1.807) is 48.5 Å². The van der Waals surface area contributed by atoms with Crippen molar-refractivity contribution < 1.29 is 24.0 Å². The van der Waals surface area contributed by atoms with Crippen LogP contribution in [-0.2, 0) is 4.79 Å². The molecule has 2 fully saturated rings. The van der Waals surface area contributed by atoms with Crippen LogP contribution >= 0.6 is 0 Å². The first-order valence-electron chi connectivity index (χ1n) is 11.8. The molecule has 0 atom stereocenters. The molecule has 0 aromatic heterocycles. The molecule has 2 saturated carbocycles. The fourth-order valence-corrected chi connectivity index (χ4v) is 3.69. The average molecular weight is 477 g/mol. The van der Waals surface area contributed by atoms with Crippen LogP contribution in [0.25, 0.3) is 0 Å². The van der Waals surface area contributed by atoms with Crippen LogP contribution in [0.4, 0.5) is 0 Å². The Morgan fingerprint density at radius 3 is 1.49 bits per heavy atom. The van der Waals surface area contributed by atoms with E-state index in [0.717, 1.165) is 4.90 Å². The van der Waals surface area contributed by atoms with Gasteiger partial charge in [0, 0.05) is 25.2 Å². The predicted molar refractivity (Wildman–Crippen MR) is 128 cm³/mol. The van der Waals surface area contributed by atoms with Crippen molar-refractivity contribution >= 4 is 29.9 Å². The maximum absolute atomic E-state index is 12.0. The monoisotopic (exact) mass is 476 g/mol. The van der Waals surface area contributed by atoms with Crippen molar-refractivity contribution in [3.63, 3.8) is 0 Å². The number of aldehydes is 1. The van der Waals surface area contributed by atoms with Crippen molar-refractivity contribution in [2.24, 2.45) is 5.73 Å². The molecule has 4 aliphatic rings. The Labute approximate surface area is 203 Å². The first-order chi connectivity index (χ1) is 16.9. The van der Waals surface area contributed by atoms with Crippen LogP contribution in [0.5, 0.6) is 0 Å². The Kier molecular flexibility index (Phi) is 7.48. The number of nitrogens with zero attached hydrogens (tertiary/aromatic N) is 2. The molecule has 2 aliphatic heterocycles. The van der Waals surface area contributed by atoms with Crippen molar-refractivity contribution in [2.75, 3.05) is 19.6 Å². The summed E-state index contributed by atoms with van der Waals surface area (Å²) in [5.41, 5.74) is 7.03. The SMILES string of the molecule is NC1CC1.O=C1c2ccccc2C(=O)N1CCNC1CC1.O=CCN1C(=O)c2ccccc2C1=O. The first-order valence-corrected chi connectivity index (χ1v) is 11.8. The van der Waals surface area contributed by atoms with Crippen LogP contribution in [-0.4, -0.2) is 71.4 Å². The molecular weight excluding hydrogens is 448 g/mol. The number of fused-ring (bicyclic) bond motifs is 2. The topological polar surface area (TPSA) is 130 Å². The van der Waals surface area contributed by atoms with E-state index in [-0.39, 0.29) is 18.4 Å². The van der Waals surface area contributed by atoms with Crippen molar-refractivity contribution in [1.29, 1.82) is 0 Å². The number of imide groups is 2. The van der Waals surface area contributed by atoms with E-state index in [1.807, 2.05) is 0 Å². The summed E-state index contributed by atoms with van der Waals surface area (Å²) < 4.78 is 0. The summed E-state index contributed by atoms with van der Waals surface area (Å²) in [7, 11) is 0. The summed E-state index contributed by atoms with van der Waals surface area (Å²) in [5.74, 6) is -1.11. The third kappa shape index (κ3) is 5.70. The third-order valence-corrected chi connectivity index (χ3v) is 5.98. The maximum atomic E-state index is 12.0. The Hall–Kier alpha value is -3.69. The van der Waals surface area contributed by atoms with E-state index >= 15 is 0 Å². The van der Waals surface area contributed by atoms with Gasteiger partial charge in [0.25, 0.3) is 23.6 Å². The standard InChI is InChI=1S/C13H14N2O2.C10H7NO3.C3H7N/c16-12-10-3-1-2-4-11(10)13(17)15(12)8-7-14-9-5-6-9;12-6-5-11-9(13)7-3-1-2-4-8(7)10(11)14;4-3-1-2-3/h1-4,9,14H,5-8H2;1-4,6H,5H2;3H,1-2,4H2. The Morgan fingerprint density at radius 1 is 0.743 bits per heavy atom. The molecule has 35 heavy (non-hydrogen) atoms. The molecular formula is C26H28N4O5. The van der Waals surface area contributed by atoms with Crippen molar-refractivity contribution in [3.05, 3.63) is 70.8 Å².